The van der Waals surface area contributed by atoms with Crippen molar-refractivity contribution in [1.29, 1.82) is 0 Å². The molecule has 0 amide bonds. The first-order chi connectivity index (χ1) is 6.55. The molecule has 0 heterocycles. The Labute approximate surface area is 84.6 Å². The van der Waals surface area contributed by atoms with Gasteiger partial charge in [0, 0.05) is 0 Å². The van der Waals surface area contributed by atoms with Crippen molar-refractivity contribution in [2.45, 2.75) is 38.3 Å². The molecule has 0 aliphatic carbocycles. The maximum Gasteiger partial charge on any atom is 0.330 e. The van der Waals surface area contributed by atoms with Gasteiger partial charge < -0.3 is 10.2 Å². The highest BCUT2D eigenvalue weighted by Gasteiger charge is 2.40. The average Bonchev–Trinajstić information content (AvgIpc) is 2.18. The van der Waals surface area contributed by atoms with Crippen LogP contribution in [-0.4, -0.2) is 34.9 Å². The summed E-state index contributed by atoms with van der Waals surface area (Å²) in [7, 11) is 1.53. The number of carbonyl (C=O) groups is 1. The number of hydrogen-bond acceptors (Lipinski definition) is 3. The molecule has 0 aromatic carbocycles. The van der Waals surface area contributed by atoms with Crippen molar-refractivity contribution in [2.24, 2.45) is 0 Å². The predicted molar refractivity (Wildman–Crippen MR) is 55.2 cm³/mol. The van der Waals surface area contributed by atoms with Crippen LogP contribution in [0.3, 0.4) is 0 Å². The van der Waals surface area contributed by atoms with Gasteiger partial charge in [-0.25, -0.2) is 4.79 Å². The fraction of sp³-hybridized carbons (Fsp3) is 0.700. The van der Waals surface area contributed by atoms with Gasteiger partial charge in [-0.15, -0.1) is 0 Å². The van der Waals surface area contributed by atoms with Crippen molar-refractivity contribution < 1.29 is 15.0 Å². The number of nitrogens with one attached hydrogen (secondary N) is 1. The maximum absolute atomic E-state index is 11.1. The normalized spacial score (nSPS) is 18.0. The summed E-state index contributed by atoms with van der Waals surface area (Å²) >= 11 is 0. The highest BCUT2D eigenvalue weighted by Crippen LogP contribution is 2.16. The first-order valence-electron chi connectivity index (χ1n) is 4.83. The predicted octanol–water partition coefficient (Wildman–Crippen LogP) is 0.766. The molecule has 0 saturated heterocycles. The second kappa shape index (κ2) is 5.78. The lowest BCUT2D eigenvalue weighted by molar-refractivity contribution is -0.147. The molecule has 2 atom stereocenters. The summed E-state index contributed by atoms with van der Waals surface area (Å²) in [6, 6.07) is 0. The number of likely N-dealkylation sites (N-methyl/N-ethyl adjacent to an activating group) is 1. The highest BCUT2D eigenvalue weighted by molar-refractivity contribution is 5.82. The Morgan fingerprint density at radius 2 is 2.14 bits per heavy atom. The molecule has 4 nitrogen and oxygen atoms in total. The van der Waals surface area contributed by atoms with E-state index in [1.165, 1.54) is 13.1 Å². The van der Waals surface area contributed by atoms with Crippen molar-refractivity contribution in [2.75, 3.05) is 7.05 Å². The van der Waals surface area contributed by atoms with Crippen LogP contribution in [0.4, 0.5) is 0 Å². The van der Waals surface area contributed by atoms with E-state index >= 15 is 0 Å². The maximum atomic E-state index is 11.1. The first kappa shape index (κ1) is 13.1. The molecule has 0 aliphatic heterocycles. The molecule has 4 heteroatoms. The SMILES string of the molecule is CC/C=C/[C@@](NC)(C(=O)O)[C@H](O)CC. The van der Waals surface area contributed by atoms with E-state index in [2.05, 4.69) is 5.32 Å². The van der Waals surface area contributed by atoms with Crippen LogP contribution in [0.1, 0.15) is 26.7 Å². The quantitative estimate of drug-likeness (QED) is 0.555. The van der Waals surface area contributed by atoms with E-state index in [-0.39, 0.29) is 0 Å². The Hall–Kier alpha value is -0.870. The molecule has 0 unspecified atom stereocenters. The van der Waals surface area contributed by atoms with Crippen LogP contribution in [-0.2, 0) is 4.79 Å². The average molecular weight is 201 g/mol. The minimum Gasteiger partial charge on any atom is -0.480 e. The number of hydrogen-bond donors (Lipinski definition) is 3. The lowest BCUT2D eigenvalue weighted by Crippen LogP contribution is -2.57. The number of carboxylic acids is 1. The van der Waals surface area contributed by atoms with Gasteiger partial charge in [0.05, 0.1) is 6.10 Å². The van der Waals surface area contributed by atoms with Gasteiger partial charge in [0.1, 0.15) is 0 Å². The van der Waals surface area contributed by atoms with Crippen LogP contribution in [0.25, 0.3) is 0 Å². The Balaban J connectivity index is 4.97. The number of aliphatic carboxylic acids is 1. The molecule has 0 saturated carbocycles. The molecule has 0 spiro atoms. The molecule has 0 rings (SSSR count). The van der Waals surface area contributed by atoms with Crippen LogP contribution in [0.15, 0.2) is 12.2 Å². The Morgan fingerprint density at radius 1 is 1.57 bits per heavy atom. The van der Waals surface area contributed by atoms with E-state index in [1.54, 1.807) is 13.0 Å². The molecule has 0 aromatic heterocycles. The lowest BCUT2D eigenvalue weighted by Gasteiger charge is -2.30. The molecule has 0 bridgehead atoms. The van der Waals surface area contributed by atoms with Crippen molar-refractivity contribution in [3.05, 3.63) is 12.2 Å². The number of aliphatic hydroxyl groups is 1. The number of allylic oxidation sites excluding steroid dienone is 1. The van der Waals surface area contributed by atoms with Gasteiger partial charge in [-0.3, -0.25) is 5.32 Å². The second-order valence-corrected chi connectivity index (χ2v) is 3.16. The molecule has 14 heavy (non-hydrogen) atoms. The van der Waals surface area contributed by atoms with Gasteiger partial charge in [-0.05, 0) is 19.9 Å². The van der Waals surface area contributed by atoms with E-state index in [1.807, 2.05) is 6.92 Å². The summed E-state index contributed by atoms with van der Waals surface area (Å²) < 4.78 is 0. The summed E-state index contributed by atoms with van der Waals surface area (Å²) in [6.45, 7) is 3.66. The van der Waals surface area contributed by atoms with Crippen LogP contribution in [0.5, 0.6) is 0 Å². The Morgan fingerprint density at radius 3 is 2.43 bits per heavy atom. The number of aliphatic hydroxyl groups excluding tert-OH is 1. The van der Waals surface area contributed by atoms with E-state index < -0.39 is 17.6 Å². The number of carboxylic acid groups (broad SMARTS) is 1. The molecule has 0 fully saturated rings. The van der Waals surface area contributed by atoms with Crippen molar-refractivity contribution >= 4 is 5.97 Å². The van der Waals surface area contributed by atoms with E-state index in [0.29, 0.717) is 6.42 Å². The molecule has 82 valence electrons. The second-order valence-electron chi connectivity index (χ2n) is 3.16. The summed E-state index contributed by atoms with van der Waals surface area (Å²) in [5.41, 5.74) is -1.36. The molecular weight excluding hydrogens is 182 g/mol. The van der Waals surface area contributed by atoms with E-state index in [4.69, 9.17) is 5.11 Å². The summed E-state index contributed by atoms with van der Waals surface area (Å²) in [5.74, 6) is -1.06. The molecular formula is C10H19NO3. The van der Waals surface area contributed by atoms with Crippen LogP contribution >= 0.6 is 0 Å². The van der Waals surface area contributed by atoms with E-state index in [9.17, 15) is 9.90 Å². The third-order valence-electron chi connectivity index (χ3n) is 2.30. The van der Waals surface area contributed by atoms with Gasteiger partial charge in [-0.2, -0.15) is 0 Å². The topological polar surface area (TPSA) is 69.6 Å². The molecule has 0 aromatic rings. The third kappa shape index (κ3) is 2.56. The fourth-order valence-electron chi connectivity index (χ4n) is 1.31. The zero-order chi connectivity index (χ0) is 11.2. The van der Waals surface area contributed by atoms with Crippen LogP contribution in [0.2, 0.25) is 0 Å². The minimum atomic E-state index is -1.36. The standard InChI is InChI=1S/C10H19NO3/c1-4-6-7-10(11-3,9(13)14)8(12)5-2/h6-8,11-12H,4-5H2,1-3H3,(H,13,14)/b7-6+/t8-,10+/m1/s1. The summed E-state index contributed by atoms with van der Waals surface area (Å²) in [5, 5.41) is 21.4. The zero-order valence-electron chi connectivity index (χ0n) is 8.95. The zero-order valence-corrected chi connectivity index (χ0v) is 8.95. The van der Waals surface area contributed by atoms with Crippen LogP contribution in [0, 0.1) is 0 Å². The summed E-state index contributed by atoms with van der Waals surface area (Å²) in [4.78, 5) is 11.1. The Bertz CT molecular complexity index is 215. The largest absolute Gasteiger partial charge is 0.480 e. The third-order valence-corrected chi connectivity index (χ3v) is 2.30. The van der Waals surface area contributed by atoms with Crippen molar-refractivity contribution in [3.8, 4) is 0 Å². The Kier molecular flexibility index (Phi) is 5.42. The van der Waals surface area contributed by atoms with Crippen molar-refractivity contribution in [3.63, 3.8) is 0 Å². The molecule has 3 N–H and O–H groups in total. The van der Waals surface area contributed by atoms with Gasteiger partial charge in [0.15, 0.2) is 5.54 Å². The number of rotatable bonds is 6. The smallest absolute Gasteiger partial charge is 0.330 e. The monoisotopic (exact) mass is 201 g/mol. The van der Waals surface area contributed by atoms with Crippen molar-refractivity contribution in [1.82, 2.24) is 5.32 Å². The minimum absolute atomic E-state index is 0.390. The lowest BCUT2D eigenvalue weighted by atomic mass is 9.90. The van der Waals surface area contributed by atoms with Gasteiger partial charge in [-0.1, -0.05) is 26.0 Å². The molecule has 0 aliphatic rings. The first-order valence-corrected chi connectivity index (χ1v) is 4.83. The summed E-state index contributed by atoms with van der Waals surface area (Å²) in [6.07, 6.45) is 3.47. The fourth-order valence-corrected chi connectivity index (χ4v) is 1.31. The highest BCUT2D eigenvalue weighted by atomic mass is 16.4. The van der Waals surface area contributed by atoms with Gasteiger partial charge in [0.2, 0.25) is 0 Å². The molecule has 0 radical (unpaired) electrons. The van der Waals surface area contributed by atoms with Gasteiger partial charge in [0.25, 0.3) is 0 Å². The van der Waals surface area contributed by atoms with E-state index in [0.717, 1.165) is 6.42 Å². The van der Waals surface area contributed by atoms with Crippen LogP contribution < -0.4 is 5.32 Å². The van der Waals surface area contributed by atoms with Gasteiger partial charge >= 0.3 is 5.97 Å².